The predicted octanol–water partition coefficient (Wildman–Crippen LogP) is 9.54. The fraction of sp³-hybridized carbons (Fsp3) is 0.800. The first kappa shape index (κ1) is 23.9. The molecular formula is C30H50. The maximum Gasteiger partial charge on any atom is -0.0276 e. The molecule has 0 nitrogen and oxygen atoms in total. The highest BCUT2D eigenvalue weighted by Gasteiger charge is 2.24. The maximum atomic E-state index is 2.38. The van der Waals surface area contributed by atoms with E-state index in [4.69, 9.17) is 0 Å². The van der Waals surface area contributed by atoms with Crippen LogP contribution < -0.4 is 0 Å². The van der Waals surface area contributed by atoms with Crippen molar-refractivity contribution in [2.45, 2.75) is 129 Å². The van der Waals surface area contributed by atoms with Gasteiger partial charge in [-0.05, 0) is 54.1 Å². The highest BCUT2D eigenvalue weighted by molar-refractivity contribution is 5.22. The zero-order valence-electron chi connectivity index (χ0n) is 20.3. The van der Waals surface area contributed by atoms with Gasteiger partial charge in [0, 0.05) is 0 Å². The summed E-state index contributed by atoms with van der Waals surface area (Å²) in [6.45, 7) is 4.60. The number of hydrogen-bond donors (Lipinski definition) is 0. The lowest BCUT2D eigenvalue weighted by Gasteiger charge is -2.32. The van der Waals surface area contributed by atoms with Crippen LogP contribution in [0.5, 0.6) is 0 Å². The van der Waals surface area contributed by atoms with Gasteiger partial charge in [-0.1, -0.05) is 134 Å². The van der Waals surface area contributed by atoms with Crippen LogP contribution in [0.25, 0.3) is 0 Å². The molecule has 170 valence electrons. The van der Waals surface area contributed by atoms with E-state index in [1.807, 2.05) is 0 Å². The third kappa shape index (κ3) is 8.39. The highest BCUT2D eigenvalue weighted by atomic mass is 14.3. The minimum absolute atomic E-state index is 0.995. The fourth-order valence-electron chi connectivity index (χ4n) is 6.30. The van der Waals surface area contributed by atoms with Crippen LogP contribution in [-0.4, -0.2) is 0 Å². The van der Waals surface area contributed by atoms with E-state index >= 15 is 0 Å². The summed E-state index contributed by atoms with van der Waals surface area (Å²) in [5.74, 6) is 4.19. The van der Waals surface area contributed by atoms with Crippen LogP contribution in [-0.2, 0) is 12.8 Å². The van der Waals surface area contributed by atoms with Crippen molar-refractivity contribution in [2.24, 2.45) is 23.7 Å². The van der Waals surface area contributed by atoms with Crippen LogP contribution in [0, 0.1) is 23.7 Å². The largest absolute Gasteiger partial charge is 0.0654 e. The van der Waals surface area contributed by atoms with Crippen LogP contribution in [0.3, 0.4) is 0 Å². The molecule has 0 saturated heterocycles. The molecule has 30 heavy (non-hydrogen) atoms. The minimum Gasteiger partial charge on any atom is -0.0654 e. The van der Waals surface area contributed by atoms with Crippen LogP contribution in [0.1, 0.15) is 128 Å². The van der Waals surface area contributed by atoms with Gasteiger partial charge >= 0.3 is 0 Å². The lowest BCUT2D eigenvalue weighted by Crippen LogP contribution is -2.18. The molecule has 0 aliphatic heterocycles. The van der Waals surface area contributed by atoms with Gasteiger partial charge in [0.2, 0.25) is 0 Å². The Morgan fingerprint density at radius 3 is 1.40 bits per heavy atom. The van der Waals surface area contributed by atoms with Gasteiger partial charge in [0.25, 0.3) is 0 Å². The average molecular weight is 411 g/mol. The first-order valence-corrected chi connectivity index (χ1v) is 13.8. The maximum absolute atomic E-state index is 2.38. The van der Waals surface area contributed by atoms with E-state index < -0.39 is 0 Å². The molecule has 1 aromatic carbocycles. The molecule has 3 rings (SSSR count). The number of unbranched alkanes of at least 4 members (excludes halogenated alkanes) is 2. The first-order chi connectivity index (χ1) is 14.8. The molecule has 0 aromatic heterocycles. The van der Waals surface area contributed by atoms with Crippen LogP contribution in [0.2, 0.25) is 0 Å². The second-order valence-corrected chi connectivity index (χ2v) is 11.0. The lowest BCUT2D eigenvalue weighted by atomic mass is 9.74. The van der Waals surface area contributed by atoms with Gasteiger partial charge in [-0.25, -0.2) is 0 Å². The fourth-order valence-corrected chi connectivity index (χ4v) is 6.30. The van der Waals surface area contributed by atoms with Crippen LogP contribution in [0.15, 0.2) is 24.3 Å². The Kier molecular flexibility index (Phi) is 10.8. The number of hydrogen-bond acceptors (Lipinski definition) is 0. The molecule has 0 bridgehead atoms. The molecule has 0 heterocycles. The molecule has 0 amide bonds. The molecular weight excluding hydrogens is 360 g/mol. The van der Waals surface area contributed by atoms with Crippen molar-refractivity contribution in [1.29, 1.82) is 0 Å². The standard InChI is InChI=1S/C30H50/c1-3-5-6-8-26-11-15-28(16-12-26)18-20-30-23-21-29(22-24-30)19-17-27-13-9-25(7-4-2)10-14-27/h9-10,13-14,26,28-30H,3-8,11-12,15-24H2,1-2H3/t26-,28-,29-,30-. The van der Waals surface area contributed by atoms with Crippen LogP contribution in [0.4, 0.5) is 0 Å². The summed E-state index contributed by atoms with van der Waals surface area (Å²) in [5, 5.41) is 0. The van der Waals surface area contributed by atoms with Crippen molar-refractivity contribution in [2.75, 3.05) is 0 Å². The Morgan fingerprint density at radius 2 is 0.933 bits per heavy atom. The Bertz CT molecular complexity index is 540. The number of aryl methyl sites for hydroxylation is 2. The van der Waals surface area contributed by atoms with Crippen molar-refractivity contribution in [3.05, 3.63) is 35.4 Å². The summed E-state index contributed by atoms with van der Waals surface area (Å²) in [6.07, 6.45) is 26.3. The van der Waals surface area contributed by atoms with Crippen molar-refractivity contribution < 1.29 is 0 Å². The molecule has 0 heteroatoms. The molecule has 0 radical (unpaired) electrons. The molecule has 0 spiro atoms. The van der Waals surface area contributed by atoms with Gasteiger partial charge in [-0.3, -0.25) is 0 Å². The molecule has 2 aliphatic carbocycles. The number of benzene rings is 1. The van der Waals surface area contributed by atoms with Gasteiger partial charge in [-0.2, -0.15) is 0 Å². The summed E-state index contributed by atoms with van der Waals surface area (Å²) in [4.78, 5) is 0. The van der Waals surface area contributed by atoms with Gasteiger partial charge in [0.05, 0.1) is 0 Å². The smallest absolute Gasteiger partial charge is 0.0276 e. The van der Waals surface area contributed by atoms with Gasteiger partial charge < -0.3 is 0 Å². The van der Waals surface area contributed by atoms with E-state index in [-0.39, 0.29) is 0 Å². The first-order valence-electron chi connectivity index (χ1n) is 13.8. The summed E-state index contributed by atoms with van der Waals surface area (Å²) >= 11 is 0. The zero-order chi connectivity index (χ0) is 21.0. The summed E-state index contributed by atoms with van der Waals surface area (Å²) in [5.41, 5.74) is 3.06. The monoisotopic (exact) mass is 410 g/mol. The van der Waals surface area contributed by atoms with Gasteiger partial charge in [0.1, 0.15) is 0 Å². The Morgan fingerprint density at radius 1 is 0.500 bits per heavy atom. The Labute approximate surface area is 188 Å². The molecule has 0 unspecified atom stereocenters. The highest BCUT2D eigenvalue weighted by Crippen LogP contribution is 2.38. The predicted molar refractivity (Wildman–Crippen MR) is 133 cm³/mol. The number of rotatable bonds is 12. The summed E-state index contributed by atoms with van der Waals surface area (Å²) in [7, 11) is 0. The molecule has 2 aliphatic rings. The van der Waals surface area contributed by atoms with Crippen molar-refractivity contribution in [3.8, 4) is 0 Å². The second-order valence-electron chi connectivity index (χ2n) is 11.0. The van der Waals surface area contributed by atoms with Crippen molar-refractivity contribution >= 4 is 0 Å². The molecule has 0 N–H and O–H groups in total. The second kappa shape index (κ2) is 13.6. The van der Waals surface area contributed by atoms with Crippen molar-refractivity contribution in [1.82, 2.24) is 0 Å². The van der Waals surface area contributed by atoms with E-state index in [0.717, 1.165) is 23.7 Å². The third-order valence-corrected chi connectivity index (χ3v) is 8.53. The van der Waals surface area contributed by atoms with E-state index in [1.54, 1.807) is 37.7 Å². The summed E-state index contributed by atoms with van der Waals surface area (Å²) in [6, 6.07) is 9.48. The van der Waals surface area contributed by atoms with Gasteiger partial charge in [-0.15, -0.1) is 0 Å². The normalized spacial score (nSPS) is 27.3. The third-order valence-electron chi connectivity index (χ3n) is 8.53. The molecule has 0 atom stereocenters. The zero-order valence-corrected chi connectivity index (χ0v) is 20.3. The SMILES string of the molecule is CCCCC[C@H]1CC[C@H](CC[C@H]2CC[C@H](CCc3ccc(CCC)cc3)CC2)CC1. The quantitative estimate of drug-likeness (QED) is 0.301. The van der Waals surface area contributed by atoms with Gasteiger partial charge in [0.15, 0.2) is 0 Å². The van der Waals surface area contributed by atoms with E-state index in [1.165, 1.54) is 89.0 Å². The molecule has 2 fully saturated rings. The average Bonchev–Trinajstić information content (AvgIpc) is 2.79. The minimum atomic E-state index is 0.995. The Hall–Kier alpha value is -0.780. The Balaban J connectivity index is 1.24. The molecule has 1 aromatic rings. The van der Waals surface area contributed by atoms with E-state index in [2.05, 4.69) is 38.1 Å². The lowest BCUT2D eigenvalue weighted by molar-refractivity contribution is 0.208. The summed E-state index contributed by atoms with van der Waals surface area (Å²) < 4.78 is 0. The van der Waals surface area contributed by atoms with E-state index in [0.29, 0.717) is 0 Å². The van der Waals surface area contributed by atoms with E-state index in [9.17, 15) is 0 Å². The topological polar surface area (TPSA) is 0 Å². The van der Waals surface area contributed by atoms with Crippen molar-refractivity contribution in [3.63, 3.8) is 0 Å². The van der Waals surface area contributed by atoms with Crippen LogP contribution >= 0.6 is 0 Å². The molecule has 2 saturated carbocycles.